The number of aryl methyl sites for hydroxylation is 1. The minimum absolute atomic E-state index is 0.0139. The van der Waals surface area contributed by atoms with E-state index in [0.717, 1.165) is 35.7 Å². The number of rotatable bonds is 5. The van der Waals surface area contributed by atoms with Gasteiger partial charge in [0.05, 0.1) is 39.3 Å². The Balaban J connectivity index is 1.58. The average Bonchev–Trinajstić information content (AvgIpc) is 3.09. The molecule has 0 aliphatic carbocycles. The molecule has 0 saturated carbocycles. The van der Waals surface area contributed by atoms with Crippen LogP contribution in [-0.4, -0.2) is 48.5 Å². The Hall–Kier alpha value is -3.48. The summed E-state index contributed by atoms with van der Waals surface area (Å²) in [6, 6.07) is 15.0. The van der Waals surface area contributed by atoms with E-state index in [2.05, 4.69) is 0 Å². The van der Waals surface area contributed by atoms with Crippen molar-refractivity contribution < 1.29 is 19.0 Å². The quantitative estimate of drug-likeness (QED) is 0.646. The van der Waals surface area contributed by atoms with Gasteiger partial charge in [0.25, 0.3) is 5.91 Å². The number of methoxy groups -OCH3 is 3. The van der Waals surface area contributed by atoms with Crippen LogP contribution in [0.2, 0.25) is 0 Å². The van der Waals surface area contributed by atoms with Gasteiger partial charge in [0, 0.05) is 24.2 Å². The number of carbonyl (C=O) groups is 1. The van der Waals surface area contributed by atoms with Crippen molar-refractivity contribution in [3.05, 3.63) is 59.8 Å². The van der Waals surface area contributed by atoms with Crippen LogP contribution in [0.4, 0.5) is 0 Å². The predicted molar refractivity (Wildman–Crippen MR) is 113 cm³/mol. The molecule has 0 atom stereocenters. The fourth-order valence-corrected chi connectivity index (χ4v) is 3.69. The Morgan fingerprint density at radius 2 is 1.67 bits per heavy atom. The highest BCUT2D eigenvalue weighted by atomic mass is 16.5. The lowest BCUT2D eigenvalue weighted by atomic mass is 10.1. The van der Waals surface area contributed by atoms with Crippen LogP contribution in [0.1, 0.15) is 22.5 Å². The Kier molecular flexibility index (Phi) is 5.61. The van der Waals surface area contributed by atoms with E-state index in [1.165, 1.54) is 0 Å². The van der Waals surface area contributed by atoms with Crippen LogP contribution in [-0.2, 0) is 13.1 Å². The van der Waals surface area contributed by atoms with Gasteiger partial charge < -0.3 is 19.1 Å². The Morgan fingerprint density at radius 3 is 2.37 bits per heavy atom. The van der Waals surface area contributed by atoms with Crippen molar-refractivity contribution in [3.8, 4) is 28.5 Å². The van der Waals surface area contributed by atoms with Gasteiger partial charge in [-0.1, -0.05) is 0 Å². The number of aromatic nitrogens is 2. The lowest BCUT2D eigenvalue weighted by molar-refractivity contribution is 0.0745. The molecule has 0 spiro atoms. The molecular formula is C23H25N3O4. The maximum atomic E-state index is 13.0. The monoisotopic (exact) mass is 407 g/mol. The largest absolute Gasteiger partial charge is 0.497 e. The lowest BCUT2D eigenvalue weighted by Gasteiger charge is -2.20. The van der Waals surface area contributed by atoms with Crippen LogP contribution in [0.5, 0.6) is 17.2 Å². The molecule has 3 aromatic rings. The topological polar surface area (TPSA) is 65.8 Å². The van der Waals surface area contributed by atoms with Gasteiger partial charge in [-0.15, -0.1) is 0 Å². The lowest BCUT2D eigenvalue weighted by Crippen LogP contribution is -2.30. The number of benzene rings is 2. The van der Waals surface area contributed by atoms with Gasteiger partial charge in [0.15, 0.2) is 11.5 Å². The molecule has 1 aliphatic rings. The number of hydrogen-bond donors (Lipinski definition) is 0. The smallest absolute Gasteiger partial charge is 0.254 e. The summed E-state index contributed by atoms with van der Waals surface area (Å²) in [4.78, 5) is 14.9. The summed E-state index contributed by atoms with van der Waals surface area (Å²) in [5.74, 6) is 2.09. The summed E-state index contributed by atoms with van der Waals surface area (Å²) in [6.07, 6.45) is 0.849. The molecule has 7 nitrogen and oxygen atoms in total. The van der Waals surface area contributed by atoms with Crippen LogP contribution in [0.15, 0.2) is 48.5 Å². The number of ether oxygens (including phenoxy) is 3. The first-order valence-corrected chi connectivity index (χ1v) is 9.85. The van der Waals surface area contributed by atoms with Crippen molar-refractivity contribution in [2.75, 3.05) is 27.9 Å². The van der Waals surface area contributed by atoms with Crippen LogP contribution in [0, 0.1) is 0 Å². The number of fused-ring (bicyclic) bond motifs is 1. The van der Waals surface area contributed by atoms with Crippen molar-refractivity contribution in [2.45, 2.75) is 19.5 Å². The van der Waals surface area contributed by atoms with Gasteiger partial charge in [0.2, 0.25) is 0 Å². The first-order chi connectivity index (χ1) is 14.6. The molecule has 0 fully saturated rings. The van der Waals surface area contributed by atoms with Crippen molar-refractivity contribution in [1.29, 1.82) is 0 Å². The number of amides is 1. The molecule has 4 rings (SSSR count). The zero-order valence-electron chi connectivity index (χ0n) is 17.4. The van der Waals surface area contributed by atoms with E-state index in [1.54, 1.807) is 33.5 Å². The van der Waals surface area contributed by atoms with Gasteiger partial charge in [0.1, 0.15) is 5.75 Å². The van der Waals surface area contributed by atoms with Gasteiger partial charge in [-0.05, 0) is 55.0 Å². The molecule has 0 radical (unpaired) electrons. The maximum Gasteiger partial charge on any atom is 0.254 e. The zero-order valence-corrected chi connectivity index (χ0v) is 17.4. The second kappa shape index (κ2) is 8.49. The fraction of sp³-hybridized carbons (Fsp3) is 0.304. The Bertz CT molecular complexity index is 1040. The van der Waals surface area contributed by atoms with E-state index in [0.29, 0.717) is 30.2 Å². The van der Waals surface area contributed by atoms with Gasteiger partial charge in [-0.3, -0.25) is 9.48 Å². The van der Waals surface area contributed by atoms with Gasteiger partial charge >= 0.3 is 0 Å². The molecule has 0 bridgehead atoms. The number of hydrogen-bond acceptors (Lipinski definition) is 5. The van der Waals surface area contributed by atoms with Crippen molar-refractivity contribution in [1.82, 2.24) is 14.7 Å². The second-order valence-corrected chi connectivity index (χ2v) is 7.12. The third-order valence-corrected chi connectivity index (χ3v) is 5.32. The van der Waals surface area contributed by atoms with Crippen molar-refractivity contribution in [2.24, 2.45) is 0 Å². The van der Waals surface area contributed by atoms with Crippen LogP contribution < -0.4 is 14.2 Å². The first-order valence-electron chi connectivity index (χ1n) is 9.85. The van der Waals surface area contributed by atoms with Crippen molar-refractivity contribution in [3.63, 3.8) is 0 Å². The van der Waals surface area contributed by atoms with Crippen LogP contribution in [0.25, 0.3) is 11.3 Å². The molecule has 156 valence electrons. The van der Waals surface area contributed by atoms with E-state index in [1.807, 2.05) is 46.0 Å². The SMILES string of the molecule is COc1ccc(C(=O)N2CCCn3nc(-c4ccc(OC)c(OC)c4)cc3C2)cc1. The number of carbonyl (C=O) groups excluding carboxylic acids is 1. The molecule has 2 heterocycles. The summed E-state index contributed by atoms with van der Waals surface area (Å²) in [6.45, 7) is 1.99. The Morgan fingerprint density at radius 1 is 0.900 bits per heavy atom. The zero-order chi connectivity index (χ0) is 21.1. The van der Waals surface area contributed by atoms with E-state index in [9.17, 15) is 4.79 Å². The van der Waals surface area contributed by atoms with Crippen LogP contribution >= 0.6 is 0 Å². The highest BCUT2D eigenvalue weighted by molar-refractivity contribution is 5.94. The van der Waals surface area contributed by atoms with E-state index in [4.69, 9.17) is 19.3 Å². The molecule has 0 unspecified atom stereocenters. The summed E-state index contributed by atoms with van der Waals surface area (Å²) in [5, 5.41) is 4.77. The molecule has 30 heavy (non-hydrogen) atoms. The number of nitrogens with zero attached hydrogens (tertiary/aromatic N) is 3. The third-order valence-electron chi connectivity index (χ3n) is 5.32. The summed E-state index contributed by atoms with van der Waals surface area (Å²) >= 11 is 0. The molecule has 1 aromatic heterocycles. The highest BCUT2D eigenvalue weighted by Gasteiger charge is 2.22. The molecule has 2 aromatic carbocycles. The first kappa shape index (κ1) is 19.8. The van der Waals surface area contributed by atoms with Gasteiger partial charge in [-0.25, -0.2) is 0 Å². The van der Waals surface area contributed by atoms with Crippen LogP contribution in [0.3, 0.4) is 0 Å². The minimum atomic E-state index is 0.0139. The molecule has 1 amide bonds. The molecular weight excluding hydrogens is 382 g/mol. The van der Waals surface area contributed by atoms with Crippen molar-refractivity contribution >= 4 is 5.91 Å². The molecule has 0 N–H and O–H groups in total. The maximum absolute atomic E-state index is 13.0. The summed E-state index contributed by atoms with van der Waals surface area (Å²) in [7, 11) is 4.85. The van der Waals surface area contributed by atoms with Gasteiger partial charge in [-0.2, -0.15) is 5.10 Å². The highest BCUT2D eigenvalue weighted by Crippen LogP contribution is 2.32. The third kappa shape index (κ3) is 3.83. The summed E-state index contributed by atoms with van der Waals surface area (Å²) < 4.78 is 17.9. The molecule has 0 saturated heterocycles. The van der Waals surface area contributed by atoms with E-state index < -0.39 is 0 Å². The summed E-state index contributed by atoms with van der Waals surface area (Å²) in [5.41, 5.74) is 3.47. The van der Waals surface area contributed by atoms with E-state index in [-0.39, 0.29) is 5.91 Å². The molecule has 7 heteroatoms. The second-order valence-electron chi connectivity index (χ2n) is 7.12. The fourth-order valence-electron chi connectivity index (χ4n) is 3.69. The average molecular weight is 407 g/mol. The van der Waals surface area contributed by atoms with E-state index >= 15 is 0 Å². The normalized spacial score (nSPS) is 13.4. The standard InChI is InChI=1S/C23H25N3O4/c1-28-19-8-5-16(6-9-19)23(27)25-11-4-12-26-18(15-25)14-20(24-26)17-7-10-21(29-2)22(13-17)30-3/h5-10,13-14H,4,11-12,15H2,1-3H3. The Labute approximate surface area is 175 Å². The molecule has 1 aliphatic heterocycles. The minimum Gasteiger partial charge on any atom is -0.497 e. The predicted octanol–water partition coefficient (Wildman–Crippen LogP) is 3.62.